The molecule has 0 radical (unpaired) electrons. The summed E-state index contributed by atoms with van der Waals surface area (Å²) < 4.78 is 0. The molecule has 0 spiro atoms. The summed E-state index contributed by atoms with van der Waals surface area (Å²) in [5.41, 5.74) is 7.08. The Kier molecular flexibility index (Phi) is 3.14. The van der Waals surface area contributed by atoms with Crippen LogP contribution in [0.5, 0.6) is 0 Å². The van der Waals surface area contributed by atoms with Gasteiger partial charge in [-0.25, -0.2) is 0 Å². The fourth-order valence-corrected chi connectivity index (χ4v) is 2.19. The molecule has 2 heterocycles. The number of amides is 1. The molecular weight excluding hydrogens is 204 g/mol. The van der Waals surface area contributed by atoms with Crippen molar-refractivity contribution < 1.29 is 4.79 Å². The predicted molar refractivity (Wildman–Crippen MR) is 59.5 cm³/mol. The summed E-state index contributed by atoms with van der Waals surface area (Å²) in [6, 6.07) is 0.194. The van der Waals surface area contributed by atoms with Crippen LogP contribution in [0, 0.1) is 6.92 Å². The standard InChI is InChI=1S/C11H16N4O/c1-8-5-13-6-9(14-8)10-3-2-4-15(10)7-11(12)16/h5-6,10H,2-4,7H2,1H3,(H2,12,16)/t10-/m1/s1. The maximum Gasteiger partial charge on any atom is 0.231 e. The third-order valence-electron chi connectivity index (χ3n) is 2.84. The molecule has 5 nitrogen and oxygen atoms in total. The van der Waals surface area contributed by atoms with Gasteiger partial charge >= 0.3 is 0 Å². The Morgan fingerprint density at radius 3 is 3.12 bits per heavy atom. The first-order valence-corrected chi connectivity index (χ1v) is 5.47. The van der Waals surface area contributed by atoms with Crippen LogP contribution in [0.15, 0.2) is 12.4 Å². The van der Waals surface area contributed by atoms with Crippen LogP contribution in [-0.4, -0.2) is 33.9 Å². The van der Waals surface area contributed by atoms with Crippen molar-refractivity contribution >= 4 is 5.91 Å². The van der Waals surface area contributed by atoms with E-state index in [-0.39, 0.29) is 11.9 Å². The Morgan fingerprint density at radius 1 is 1.62 bits per heavy atom. The van der Waals surface area contributed by atoms with Gasteiger partial charge in [-0.3, -0.25) is 19.7 Å². The lowest BCUT2D eigenvalue weighted by atomic mass is 10.1. The smallest absolute Gasteiger partial charge is 0.231 e. The van der Waals surface area contributed by atoms with Gasteiger partial charge < -0.3 is 5.73 Å². The molecule has 0 aromatic carbocycles. The van der Waals surface area contributed by atoms with E-state index in [4.69, 9.17) is 5.73 Å². The fraction of sp³-hybridized carbons (Fsp3) is 0.545. The number of nitrogens with two attached hydrogens (primary N) is 1. The van der Waals surface area contributed by atoms with E-state index in [1.807, 2.05) is 6.92 Å². The van der Waals surface area contributed by atoms with Crippen molar-refractivity contribution in [2.24, 2.45) is 5.73 Å². The largest absolute Gasteiger partial charge is 0.369 e. The summed E-state index contributed by atoms with van der Waals surface area (Å²) in [4.78, 5) is 21.6. The van der Waals surface area contributed by atoms with E-state index in [1.165, 1.54) is 0 Å². The van der Waals surface area contributed by atoms with Gasteiger partial charge in [0.2, 0.25) is 5.91 Å². The van der Waals surface area contributed by atoms with Gasteiger partial charge in [-0.1, -0.05) is 0 Å². The summed E-state index contributed by atoms with van der Waals surface area (Å²) in [5, 5.41) is 0. The van der Waals surface area contributed by atoms with Crippen LogP contribution in [0.1, 0.15) is 30.3 Å². The van der Waals surface area contributed by atoms with Crippen molar-refractivity contribution in [2.45, 2.75) is 25.8 Å². The predicted octanol–water partition coefficient (Wildman–Crippen LogP) is 0.407. The zero-order chi connectivity index (χ0) is 11.5. The third kappa shape index (κ3) is 2.36. The summed E-state index contributed by atoms with van der Waals surface area (Å²) in [7, 11) is 0. The third-order valence-corrected chi connectivity index (χ3v) is 2.84. The molecular formula is C11H16N4O. The molecule has 0 saturated carbocycles. The molecule has 0 bridgehead atoms. The average molecular weight is 220 g/mol. The van der Waals surface area contributed by atoms with Crippen molar-refractivity contribution in [3.05, 3.63) is 23.8 Å². The second-order valence-electron chi connectivity index (χ2n) is 4.18. The Morgan fingerprint density at radius 2 is 2.44 bits per heavy atom. The van der Waals surface area contributed by atoms with E-state index >= 15 is 0 Å². The first-order chi connectivity index (χ1) is 7.66. The monoisotopic (exact) mass is 220 g/mol. The van der Waals surface area contributed by atoms with Crippen molar-refractivity contribution in [2.75, 3.05) is 13.1 Å². The molecule has 1 fully saturated rings. The van der Waals surface area contributed by atoms with E-state index in [1.54, 1.807) is 12.4 Å². The quantitative estimate of drug-likeness (QED) is 0.800. The molecule has 5 heteroatoms. The van der Waals surface area contributed by atoms with Crippen LogP contribution >= 0.6 is 0 Å². The first-order valence-electron chi connectivity index (χ1n) is 5.47. The van der Waals surface area contributed by atoms with Gasteiger partial charge in [0.25, 0.3) is 0 Å². The number of hydrogen-bond donors (Lipinski definition) is 1. The average Bonchev–Trinajstić information content (AvgIpc) is 2.65. The second kappa shape index (κ2) is 4.57. The molecule has 2 N–H and O–H groups in total. The number of rotatable bonds is 3. The van der Waals surface area contributed by atoms with Crippen molar-refractivity contribution in [3.63, 3.8) is 0 Å². The number of primary amides is 1. The van der Waals surface area contributed by atoms with Gasteiger partial charge in [-0.2, -0.15) is 0 Å². The number of likely N-dealkylation sites (tertiary alicyclic amines) is 1. The van der Waals surface area contributed by atoms with Gasteiger partial charge in [0, 0.05) is 12.4 Å². The number of carbonyl (C=O) groups excluding carboxylic acids is 1. The SMILES string of the molecule is Cc1cncc([C@H]2CCCN2CC(N)=O)n1. The molecule has 0 unspecified atom stereocenters. The molecule has 2 rings (SSSR count). The minimum Gasteiger partial charge on any atom is -0.369 e. The lowest BCUT2D eigenvalue weighted by Crippen LogP contribution is -2.33. The van der Waals surface area contributed by atoms with Gasteiger partial charge in [0.1, 0.15) is 0 Å². The first kappa shape index (κ1) is 11.0. The molecule has 16 heavy (non-hydrogen) atoms. The highest BCUT2D eigenvalue weighted by Crippen LogP contribution is 2.29. The Labute approximate surface area is 94.7 Å². The Balaban J connectivity index is 2.16. The summed E-state index contributed by atoms with van der Waals surface area (Å²) in [6.07, 6.45) is 5.60. The van der Waals surface area contributed by atoms with Crippen LogP contribution in [-0.2, 0) is 4.79 Å². The zero-order valence-electron chi connectivity index (χ0n) is 9.39. The molecule has 1 amide bonds. The van der Waals surface area contributed by atoms with Crippen molar-refractivity contribution in [1.29, 1.82) is 0 Å². The molecule has 86 valence electrons. The second-order valence-corrected chi connectivity index (χ2v) is 4.18. The highest BCUT2D eigenvalue weighted by molar-refractivity contribution is 5.76. The molecule has 1 aromatic heterocycles. The van der Waals surface area contributed by atoms with Crippen LogP contribution < -0.4 is 5.73 Å². The maximum absolute atomic E-state index is 10.9. The van der Waals surface area contributed by atoms with E-state index in [0.29, 0.717) is 6.54 Å². The molecule has 0 aliphatic carbocycles. The van der Waals surface area contributed by atoms with Crippen LogP contribution in [0.25, 0.3) is 0 Å². The van der Waals surface area contributed by atoms with Crippen LogP contribution in [0.3, 0.4) is 0 Å². The molecule has 1 saturated heterocycles. The van der Waals surface area contributed by atoms with E-state index < -0.39 is 0 Å². The summed E-state index contributed by atoms with van der Waals surface area (Å²) in [6.45, 7) is 3.13. The molecule has 1 aliphatic heterocycles. The van der Waals surface area contributed by atoms with Gasteiger partial charge in [-0.15, -0.1) is 0 Å². The molecule has 1 atom stereocenters. The highest BCUT2D eigenvalue weighted by Gasteiger charge is 2.28. The van der Waals surface area contributed by atoms with Gasteiger partial charge in [-0.05, 0) is 26.3 Å². The highest BCUT2D eigenvalue weighted by atomic mass is 16.1. The maximum atomic E-state index is 10.9. The Hall–Kier alpha value is -1.49. The zero-order valence-corrected chi connectivity index (χ0v) is 9.39. The summed E-state index contributed by atoms with van der Waals surface area (Å²) >= 11 is 0. The molecule has 1 aromatic rings. The van der Waals surface area contributed by atoms with E-state index in [9.17, 15) is 4.79 Å². The van der Waals surface area contributed by atoms with E-state index in [2.05, 4.69) is 14.9 Å². The number of nitrogens with zero attached hydrogens (tertiary/aromatic N) is 3. The van der Waals surface area contributed by atoms with Crippen LogP contribution in [0.2, 0.25) is 0 Å². The number of aryl methyl sites for hydroxylation is 1. The van der Waals surface area contributed by atoms with Crippen molar-refractivity contribution in [3.8, 4) is 0 Å². The normalized spacial score (nSPS) is 21.2. The Bertz CT molecular complexity index is 393. The van der Waals surface area contributed by atoms with Crippen molar-refractivity contribution in [1.82, 2.24) is 14.9 Å². The molecule has 1 aliphatic rings. The van der Waals surface area contributed by atoms with Gasteiger partial charge in [0.15, 0.2) is 0 Å². The van der Waals surface area contributed by atoms with Gasteiger partial charge in [0.05, 0.1) is 24.0 Å². The minimum absolute atomic E-state index is 0.194. The number of carbonyl (C=O) groups is 1. The fourth-order valence-electron chi connectivity index (χ4n) is 2.19. The van der Waals surface area contributed by atoms with E-state index in [0.717, 1.165) is 30.8 Å². The lowest BCUT2D eigenvalue weighted by Gasteiger charge is -2.22. The lowest BCUT2D eigenvalue weighted by molar-refractivity contribution is -0.119. The summed E-state index contributed by atoms with van der Waals surface area (Å²) in [5.74, 6) is -0.285. The number of hydrogen-bond acceptors (Lipinski definition) is 4. The topological polar surface area (TPSA) is 72.1 Å². The number of aromatic nitrogens is 2. The van der Waals surface area contributed by atoms with Crippen LogP contribution in [0.4, 0.5) is 0 Å². The minimum atomic E-state index is -0.285.